The molecule has 18 heavy (non-hydrogen) atoms. The van der Waals surface area contributed by atoms with Gasteiger partial charge < -0.3 is 11.5 Å². The second-order valence-electron chi connectivity index (χ2n) is 3.90. The summed E-state index contributed by atoms with van der Waals surface area (Å²) < 4.78 is 0. The highest BCUT2D eigenvalue weighted by atomic mass is 16.2. The maximum Gasteiger partial charge on any atom is 0.318 e. The van der Waals surface area contributed by atoms with Gasteiger partial charge in [0, 0.05) is 19.6 Å². The first kappa shape index (κ1) is 14.1. The van der Waals surface area contributed by atoms with Crippen molar-refractivity contribution in [2.45, 2.75) is 6.54 Å². The second-order valence-corrected chi connectivity index (χ2v) is 3.90. The van der Waals surface area contributed by atoms with Crippen molar-refractivity contribution in [1.29, 1.82) is 0 Å². The first-order valence-corrected chi connectivity index (χ1v) is 5.67. The lowest BCUT2D eigenvalue weighted by atomic mass is 10.2. The molecule has 6 nitrogen and oxygen atoms in total. The lowest BCUT2D eigenvalue weighted by molar-refractivity contribution is -0.121. The number of nitrogens with zero attached hydrogens (tertiary/aromatic N) is 1. The molecule has 0 spiro atoms. The number of nitrogens with two attached hydrogens (primary N) is 2. The van der Waals surface area contributed by atoms with Crippen molar-refractivity contribution >= 4 is 11.9 Å². The Hall–Kier alpha value is -1.92. The quantitative estimate of drug-likeness (QED) is 0.641. The summed E-state index contributed by atoms with van der Waals surface area (Å²) >= 11 is 0. The Bertz CT molecular complexity index is 394. The summed E-state index contributed by atoms with van der Waals surface area (Å²) in [7, 11) is 0. The van der Waals surface area contributed by atoms with E-state index in [-0.39, 0.29) is 6.54 Å². The molecule has 0 aromatic heterocycles. The van der Waals surface area contributed by atoms with Crippen LogP contribution in [0, 0.1) is 0 Å². The van der Waals surface area contributed by atoms with Crippen molar-refractivity contribution in [3.8, 4) is 0 Å². The molecule has 0 heterocycles. The number of primary amides is 1. The summed E-state index contributed by atoms with van der Waals surface area (Å²) in [5.74, 6) is -0.424. The van der Waals surface area contributed by atoms with Gasteiger partial charge in [0.1, 0.15) is 0 Å². The summed E-state index contributed by atoms with van der Waals surface area (Å²) in [5, 5.41) is 2.03. The fourth-order valence-electron chi connectivity index (χ4n) is 1.62. The predicted octanol–water partition coefficient (Wildman–Crippen LogP) is -0.358. The van der Waals surface area contributed by atoms with E-state index in [1.165, 1.54) is 0 Å². The van der Waals surface area contributed by atoms with Gasteiger partial charge in [0.25, 0.3) is 0 Å². The molecule has 0 aliphatic heterocycles. The minimum atomic E-state index is -0.840. The van der Waals surface area contributed by atoms with Crippen molar-refractivity contribution < 1.29 is 9.59 Å². The van der Waals surface area contributed by atoms with Gasteiger partial charge in [-0.05, 0) is 5.56 Å². The van der Waals surface area contributed by atoms with Crippen LogP contribution in [0.15, 0.2) is 30.3 Å². The van der Waals surface area contributed by atoms with Crippen LogP contribution in [0.1, 0.15) is 5.56 Å². The molecule has 1 aromatic carbocycles. The Morgan fingerprint density at radius 2 is 1.89 bits per heavy atom. The zero-order valence-corrected chi connectivity index (χ0v) is 10.1. The van der Waals surface area contributed by atoms with Crippen LogP contribution in [-0.4, -0.2) is 36.5 Å². The van der Waals surface area contributed by atoms with E-state index in [9.17, 15) is 9.59 Å². The molecule has 0 bridgehead atoms. The summed E-state index contributed by atoms with van der Waals surface area (Å²) in [6.07, 6.45) is 0. The Kier molecular flexibility index (Phi) is 5.83. The molecule has 1 rings (SSSR count). The monoisotopic (exact) mass is 250 g/mol. The molecule has 0 saturated heterocycles. The van der Waals surface area contributed by atoms with Crippen molar-refractivity contribution in [1.82, 2.24) is 10.2 Å². The highest BCUT2D eigenvalue weighted by Gasteiger charge is 2.11. The summed E-state index contributed by atoms with van der Waals surface area (Å²) in [5.41, 5.74) is 11.5. The molecule has 5 N–H and O–H groups in total. The average Bonchev–Trinajstić information content (AvgIpc) is 2.29. The van der Waals surface area contributed by atoms with Crippen molar-refractivity contribution in [2.24, 2.45) is 11.5 Å². The van der Waals surface area contributed by atoms with Gasteiger partial charge in [-0.25, -0.2) is 4.79 Å². The van der Waals surface area contributed by atoms with Crippen LogP contribution < -0.4 is 16.8 Å². The third kappa shape index (κ3) is 5.42. The Morgan fingerprint density at radius 3 is 2.44 bits per heavy atom. The molecule has 6 heteroatoms. The molecular formula is C12H18N4O2. The number of imide groups is 1. The van der Waals surface area contributed by atoms with Gasteiger partial charge >= 0.3 is 6.03 Å². The zero-order chi connectivity index (χ0) is 13.4. The van der Waals surface area contributed by atoms with Gasteiger partial charge in [-0.1, -0.05) is 30.3 Å². The third-order valence-corrected chi connectivity index (χ3v) is 2.32. The van der Waals surface area contributed by atoms with E-state index in [1.54, 1.807) is 0 Å². The molecule has 98 valence electrons. The first-order valence-electron chi connectivity index (χ1n) is 5.67. The van der Waals surface area contributed by atoms with E-state index < -0.39 is 11.9 Å². The minimum absolute atomic E-state index is 0.0923. The van der Waals surface area contributed by atoms with Crippen molar-refractivity contribution in [2.75, 3.05) is 19.6 Å². The topological polar surface area (TPSA) is 101 Å². The summed E-state index contributed by atoms with van der Waals surface area (Å²) in [6, 6.07) is 8.88. The summed E-state index contributed by atoms with van der Waals surface area (Å²) in [4.78, 5) is 23.8. The maximum absolute atomic E-state index is 11.4. The van der Waals surface area contributed by atoms with Crippen molar-refractivity contribution in [3.63, 3.8) is 0 Å². The number of amides is 3. The largest absolute Gasteiger partial charge is 0.351 e. The van der Waals surface area contributed by atoms with Gasteiger partial charge in [-0.3, -0.25) is 15.0 Å². The van der Waals surface area contributed by atoms with Gasteiger partial charge in [0.2, 0.25) is 5.91 Å². The number of hydrogen-bond donors (Lipinski definition) is 3. The zero-order valence-electron chi connectivity index (χ0n) is 10.1. The maximum atomic E-state index is 11.4. The number of nitrogens with one attached hydrogen (secondary N) is 1. The number of carbonyl (C=O) groups excluding carboxylic acids is 2. The first-order chi connectivity index (χ1) is 8.61. The number of benzene rings is 1. The molecular weight excluding hydrogens is 232 g/mol. The molecule has 0 radical (unpaired) electrons. The highest BCUT2D eigenvalue weighted by Crippen LogP contribution is 2.03. The van der Waals surface area contributed by atoms with Crippen LogP contribution in [0.5, 0.6) is 0 Å². The van der Waals surface area contributed by atoms with E-state index >= 15 is 0 Å². The number of carbonyl (C=O) groups is 2. The van der Waals surface area contributed by atoms with Gasteiger partial charge in [-0.2, -0.15) is 0 Å². The predicted molar refractivity (Wildman–Crippen MR) is 68.5 cm³/mol. The molecule has 0 aliphatic rings. The molecule has 0 saturated carbocycles. The van der Waals surface area contributed by atoms with Crippen LogP contribution in [0.4, 0.5) is 4.79 Å². The van der Waals surface area contributed by atoms with E-state index in [2.05, 4.69) is 0 Å². The minimum Gasteiger partial charge on any atom is -0.351 e. The van der Waals surface area contributed by atoms with E-state index in [0.717, 1.165) is 5.56 Å². The molecule has 1 aromatic rings. The van der Waals surface area contributed by atoms with Gasteiger partial charge in [0.15, 0.2) is 0 Å². The van der Waals surface area contributed by atoms with E-state index in [4.69, 9.17) is 11.5 Å². The lowest BCUT2D eigenvalue weighted by Crippen LogP contribution is -2.43. The summed E-state index contributed by atoms with van der Waals surface area (Å²) in [6.45, 7) is 1.71. The molecule has 0 unspecified atom stereocenters. The number of urea groups is 1. The number of rotatable bonds is 6. The van der Waals surface area contributed by atoms with Crippen LogP contribution in [0.3, 0.4) is 0 Å². The molecule has 0 aliphatic carbocycles. The standard InChI is InChI=1S/C12H18N4O2/c13-6-7-16(9-11(17)15-12(14)18)8-10-4-2-1-3-5-10/h1-5H,6-9,13H2,(H3,14,15,17,18). The number of hydrogen-bond acceptors (Lipinski definition) is 4. The van der Waals surface area contributed by atoms with E-state index in [1.807, 2.05) is 40.5 Å². The fraction of sp³-hybridized carbons (Fsp3) is 0.333. The molecule has 3 amide bonds. The van der Waals surface area contributed by atoms with Gasteiger partial charge in [-0.15, -0.1) is 0 Å². The van der Waals surface area contributed by atoms with Crippen LogP contribution in [-0.2, 0) is 11.3 Å². The Morgan fingerprint density at radius 1 is 1.22 bits per heavy atom. The van der Waals surface area contributed by atoms with Gasteiger partial charge in [0.05, 0.1) is 6.54 Å². The average molecular weight is 250 g/mol. The SMILES string of the molecule is NCCN(CC(=O)NC(N)=O)Cc1ccccc1. The van der Waals surface area contributed by atoms with Crippen LogP contribution in [0.2, 0.25) is 0 Å². The second kappa shape index (κ2) is 7.41. The normalized spacial score (nSPS) is 10.3. The Balaban J connectivity index is 2.54. The smallest absolute Gasteiger partial charge is 0.318 e. The Labute approximate surface area is 106 Å². The van der Waals surface area contributed by atoms with Crippen molar-refractivity contribution in [3.05, 3.63) is 35.9 Å². The molecule has 0 fully saturated rings. The highest BCUT2D eigenvalue weighted by molar-refractivity contribution is 5.94. The lowest BCUT2D eigenvalue weighted by Gasteiger charge is -2.20. The van der Waals surface area contributed by atoms with Crippen LogP contribution >= 0.6 is 0 Å². The third-order valence-electron chi connectivity index (χ3n) is 2.32. The fourth-order valence-corrected chi connectivity index (χ4v) is 1.62. The molecule has 0 atom stereocenters. The van der Waals surface area contributed by atoms with Crippen LogP contribution in [0.25, 0.3) is 0 Å². The van der Waals surface area contributed by atoms with E-state index in [0.29, 0.717) is 19.6 Å².